The Kier molecular flexibility index (Phi) is 4.93. The molecule has 0 saturated heterocycles. The minimum atomic E-state index is -0.0681. The standard InChI is InChI=1S/C17H15BrN2O2S/c18-12-6-7-15-13(8-12)14(20-17(23)19-10-21)9-16(22-15)11-4-2-1-3-5-11/h1-8,10,14,16H,9H2,(H2,19,20,21,23). The smallest absolute Gasteiger partial charge is 0.213 e. The van der Waals surface area contributed by atoms with E-state index in [1.807, 2.05) is 48.5 Å². The lowest BCUT2D eigenvalue weighted by Gasteiger charge is -2.33. The molecule has 0 bridgehead atoms. The average Bonchev–Trinajstić information content (AvgIpc) is 2.56. The van der Waals surface area contributed by atoms with Crippen molar-refractivity contribution in [3.8, 4) is 5.75 Å². The number of fused-ring (bicyclic) bond motifs is 1. The third-order valence-corrected chi connectivity index (χ3v) is 4.46. The van der Waals surface area contributed by atoms with Crippen LogP contribution in [0.25, 0.3) is 0 Å². The maximum Gasteiger partial charge on any atom is 0.213 e. The van der Waals surface area contributed by atoms with Gasteiger partial charge in [-0.1, -0.05) is 46.3 Å². The molecule has 23 heavy (non-hydrogen) atoms. The molecule has 0 radical (unpaired) electrons. The number of amides is 1. The van der Waals surface area contributed by atoms with Crippen LogP contribution >= 0.6 is 28.1 Å². The van der Waals surface area contributed by atoms with E-state index in [9.17, 15) is 4.79 Å². The molecule has 2 aromatic rings. The molecule has 3 rings (SSSR count). The topological polar surface area (TPSA) is 50.4 Å². The molecule has 0 fully saturated rings. The SMILES string of the molecule is O=CNC(=S)NC1CC(c2ccccc2)Oc2ccc(Br)cc21. The summed E-state index contributed by atoms with van der Waals surface area (Å²) < 4.78 is 7.12. The van der Waals surface area contributed by atoms with Crippen molar-refractivity contribution >= 4 is 39.7 Å². The van der Waals surface area contributed by atoms with E-state index in [1.54, 1.807) is 0 Å². The number of carbonyl (C=O) groups excluding carboxylic acids is 1. The van der Waals surface area contributed by atoms with Gasteiger partial charge in [0.05, 0.1) is 6.04 Å². The fourth-order valence-corrected chi connectivity index (χ4v) is 3.27. The lowest BCUT2D eigenvalue weighted by atomic mass is 9.93. The van der Waals surface area contributed by atoms with Crippen LogP contribution in [0.15, 0.2) is 53.0 Å². The number of carbonyl (C=O) groups is 1. The molecule has 0 spiro atoms. The van der Waals surface area contributed by atoms with Crippen molar-refractivity contribution in [3.05, 3.63) is 64.1 Å². The maximum atomic E-state index is 10.6. The van der Waals surface area contributed by atoms with Crippen molar-refractivity contribution in [2.24, 2.45) is 0 Å². The van der Waals surface area contributed by atoms with Crippen LogP contribution < -0.4 is 15.4 Å². The summed E-state index contributed by atoms with van der Waals surface area (Å²) in [5.74, 6) is 0.819. The number of thiocarbonyl (C=S) groups is 1. The average molecular weight is 391 g/mol. The Morgan fingerprint density at radius 2 is 2.04 bits per heavy atom. The van der Waals surface area contributed by atoms with Crippen LogP contribution in [-0.2, 0) is 4.79 Å². The summed E-state index contributed by atoms with van der Waals surface area (Å²) in [4.78, 5) is 10.6. The molecule has 1 aliphatic rings. The second-order valence-corrected chi connectivity index (χ2v) is 6.55. The van der Waals surface area contributed by atoms with Gasteiger partial charge in [-0.3, -0.25) is 4.79 Å². The second kappa shape index (κ2) is 7.10. The van der Waals surface area contributed by atoms with Gasteiger partial charge in [0.2, 0.25) is 6.41 Å². The zero-order valence-electron chi connectivity index (χ0n) is 12.2. The van der Waals surface area contributed by atoms with Gasteiger partial charge in [-0.2, -0.15) is 0 Å². The summed E-state index contributed by atoms with van der Waals surface area (Å²) in [6.45, 7) is 0. The summed E-state index contributed by atoms with van der Waals surface area (Å²) >= 11 is 8.63. The lowest BCUT2D eigenvalue weighted by Crippen LogP contribution is -2.39. The summed E-state index contributed by atoms with van der Waals surface area (Å²) in [6.07, 6.45) is 1.22. The monoisotopic (exact) mass is 390 g/mol. The van der Waals surface area contributed by atoms with E-state index in [2.05, 4.69) is 26.6 Å². The van der Waals surface area contributed by atoms with Gasteiger partial charge in [0.15, 0.2) is 5.11 Å². The molecular weight excluding hydrogens is 376 g/mol. The Morgan fingerprint density at radius 3 is 2.78 bits per heavy atom. The van der Waals surface area contributed by atoms with E-state index in [4.69, 9.17) is 17.0 Å². The molecule has 0 aliphatic carbocycles. The number of halogens is 1. The Balaban J connectivity index is 1.91. The van der Waals surface area contributed by atoms with Gasteiger partial charge in [0, 0.05) is 16.5 Å². The van der Waals surface area contributed by atoms with Crippen LogP contribution in [0.1, 0.15) is 29.7 Å². The molecule has 2 atom stereocenters. The van der Waals surface area contributed by atoms with E-state index >= 15 is 0 Å². The van der Waals surface area contributed by atoms with E-state index in [0.717, 1.165) is 21.3 Å². The van der Waals surface area contributed by atoms with Crippen LogP contribution in [0.4, 0.5) is 0 Å². The fraction of sp³-hybridized carbons (Fsp3) is 0.176. The molecule has 118 valence electrons. The minimum Gasteiger partial charge on any atom is -0.485 e. The van der Waals surface area contributed by atoms with Crippen LogP contribution in [-0.4, -0.2) is 11.5 Å². The highest BCUT2D eigenvalue weighted by molar-refractivity contribution is 9.10. The van der Waals surface area contributed by atoms with E-state index in [1.165, 1.54) is 0 Å². The molecule has 4 nitrogen and oxygen atoms in total. The number of rotatable bonds is 3. The Morgan fingerprint density at radius 1 is 1.26 bits per heavy atom. The van der Waals surface area contributed by atoms with Gasteiger partial charge >= 0.3 is 0 Å². The van der Waals surface area contributed by atoms with Crippen molar-refractivity contribution < 1.29 is 9.53 Å². The highest BCUT2D eigenvalue weighted by Crippen LogP contribution is 2.41. The molecule has 0 saturated carbocycles. The Hall–Kier alpha value is -1.92. The molecule has 2 aromatic carbocycles. The van der Waals surface area contributed by atoms with Crippen LogP contribution in [0.5, 0.6) is 5.75 Å². The zero-order chi connectivity index (χ0) is 16.2. The molecule has 2 N–H and O–H groups in total. The molecular formula is C17H15BrN2O2S. The lowest BCUT2D eigenvalue weighted by molar-refractivity contribution is -0.108. The van der Waals surface area contributed by atoms with Crippen molar-refractivity contribution in [2.45, 2.75) is 18.6 Å². The molecule has 6 heteroatoms. The summed E-state index contributed by atoms with van der Waals surface area (Å²) in [6, 6.07) is 15.9. The normalized spacial score (nSPS) is 19.2. The van der Waals surface area contributed by atoms with Gasteiger partial charge in [0.25, 0.3) is 0 Å². The first-order valence-electron chi connectivity index (χ1n) is 7.19. The van der Waals surface area contributed by atoms with Gasteiger partial charge in [-0.15, -0.1) is 0 Å². The summed E-state index contributed by atoms with van der Waals surface area (Å²) in [7, 11) is 0. The third kappa shape index (κ3) is 3.71. The summed E-state index contributed by atoms with van der Waals surface area (Å²) in [5.41, 5.74) is 2.13. The molecule has 0 aromatic heterocycles. The first-order chi connectivity index (χ1) is 11.2. The number of benzene rings is 2. The minimum absolute atomic E-state index is 0.0404. The molecule has 1 aliphatic heterocycles. The van der Waals surface area contributed by atoms with E-state index in [0.29, 0.717) is 17.9 Å². The molecule has 1 amide bonds. The van der Waals surface area contributed by atoms with Gasteiger partial charge < -0.3 is 15.4 Å². The van der Waals surface area contributed by atoms with Crippen molar-refractivity contribution in [3.63, 3.8) is 0 Å². The number of hydrogen-bond donors (Lipinski definition) is 2. The first-order valence-corrected chi connectivity index (χ1v) is 8.39. The Labute approximate surface area is 148 Å². The van der Waals surface area contributed by atoms with Crippen molar-refractivity contribution in [1.82, 2.24) is 10.6 Å². The highest BCUT2D eigenvalue weighted by Gasteiger charge is 2.29. The van der Waals surface area contributed by atoms with E-state index < -0.39 is 0 Å². The van der Waals surface area contributed by atoms with Crippen LogP contribution in [0, 0.1) is 0 Å². The van der Waals surface area contributed by atoms with E-state index in [-0.39, 0.29) is 12.1 Å². The van der Waals surface area contributed by atoms with Gasteiger partial charge in [0.1, 0.15) is 11.9 Å². The molecule has 2 unspecified atom stereocenters. The quantitative estimate of drug-likeness (QED) is 0.620. The summed E-state index contributed by atoms with van der Waals surface area (Å²) in [5, 5.41) is 5.98. The second-order valence-electron chi connectivity index (χ2n) is 5.22. The maximum absolute atomic E-state index is 10.6. The van der Waals surface area contributed by atoms with Crippen LogP contribution in [0.3, 0.4) is 0 Å². The van der Waals surface area contributed by atoms with Gasteiger partial charge in [-0.05, 0) is 36.0 Å². The predicted octanol–water partition coefficient (Wildman–Crippen LogP) is 3.63. The zero-order valence-corrected chi connectivity index (χ0v) is 14.6. The first kappa shape index (κ1) is 16.0. The van der Waals surface area contributed by atoms with Gasteiger partial charge in [-0.25, -0.2) is 0 Å². The third-order valence-electron chi connectivity index (χ3n) is 3.73. The number of ether oxygens (including phenoxy) is 1. The number of hydrogen-bond acceptors (Lipinski definition) is 3. The fourth-order valence-electron chi connectivity index (χ4n) is 2.70. The predicted molar refractivity (Wildman–Crippen MR) is 96.2 cm³/mol. The molecule has 1 heterocycles. The van der Waals surface area contributed by atoms with Crippen LogP contribution in [0.2, 0.25) is 0 Å². The van der Waals surface area contributed by atoms with Crippen molar-refractivity contribution in [1.29, 1.82) is 0 Å². The largest absolute Gasteiger partial charge is 0.485 e. The number of nitrogens with one attached hydrogen (secondary N) is 2. The Bertz CT molecular complexity index is 724. The highest BCUT2D eigenvalue weighted by atomic mass is 79.9. The van der Waals surface area contributed by atoms with Crippen molar-refractivity contribution in [2.75, 3.05) is 0 Å².